The quantitative estimate of drug-likeness (QED) is 0.825. The number of hydrogen-bond donors (Lipinski definition) is 1. The maximum Gasteiger partial charge on any atom is 0.259 e. The van der Waals surface area contributed by atoms with Gasteiger partial charge in [0.25, 0.3) is 5.91 Å². The molecule has 2 aliphatic carbocycles. The Bertz CT molecular complexity index is 1040. The molecule has 1 aromatic carbocycles. The van der Waals surface area contributed by atoms with Crippen LogP contribution in [0.1, 0.15) is 23.2 Å². The summed E-state index contributed by atoms with van der Waals surface area (Å²) in [6.07, 6.45) is 2.89. The van der Waals surface area contributed by atoms with Gasteiger partial charge in [0.1, 0.15) is 5.82 Å². The highest BCUT2D eigenvalue weighted by Gasteiger charge is 2.61. The Morgan fingerprint density at radius 2 is 1.90 bits per heavy atom. The number of aromatic nitrogens is 1. The third-order valence-corrected chi connectivity index (χ3v) is 8.69. The van der Waals surface area contributed by atoms with Crippen LogP contribution in [0.15, 0.2) is 53.6 Å². The molecule has 1 N–H and O–H groups in total. The number of carbonyl (C=O) groups excluding carboxylic acids is 1. The molecule has 3 fully saturated rings. The summed E-state index contributed by atoms with van der Waals surface area (Å²) in [6.45, 7) is 0.480. The number of fused-ring (bicyclic) bond motifs is 1. The summed E-state index contributed by atoms with van der Waals surface area (Å²) in [6, 6.07) is 11.0. The van der Waals surface area contributed by atoms with E-state index in [0.717, 1.165) is 12.8 Å². The van der Waals surface area contributed by atoms with Crippen LogP contribution in [0.3, 0.4) is 0 Å². The second-order valence-corrected chi connectivity index (χ2v) is 10.2. The van der Waals surface area contributed by atoms with Crippen molar-refractivity contribution in [2.24, 2.45) is 17.8 Å². The number of aliphatic hydroxyl groups excluding tert-OH is 1. The Morgan fingerprint density at radius 1 is 1.14 bits per heavy atom. The van der Waals surface area contributed by atoms with Gasteiger partial charge in [-0.2, -0.15) is 4.31 Å². The molecule has 3 aliphatic rings. The Labute approximate surface area is 170 Å². The SMILES string of the molecule is CN(C(=O)c1ccc(S(=O)(=O)N2C[C@@H]3C[C@H]4C[C@H]3[C@H]2[C@H]4O)cc1)c1ccccn1. The smallest absolute Gasteiger partial charge is 0.259 e. The van der Waals surface area contributed by atoms with Gasteiger partial charge in [-0.25, -0.2) is 13.4 Å². The topological polar surface area (TPSA) is 90.8 Å². The van der Waals surface area contributed by atoms with E-state index in [-0.39, 0.29) is 28.7 Å². The molecule has 2 aromatic rings. The average molecular weight is 413 g/mol. The van der Waals surface area contributed by atoms with Gasteiger partial charge in [0, 0.05) is 25.4 Å². The molecular weight excluding hydrogens is 390 g/mol. The Balaban J connectivity index is 1.38. The van der Waals surface area contributed by atoms with Gasteiger partial charge in [-0.05, 0) is 67.0 Å². The summed E-state index contributed by atoms with van der Waals surface area (Å²) in [5.41, 5.74) is 0.388. The van der Waals surface area contributed by atoms with Crippen molar-refractivity contribution >= 4 is 21.7 Å². The molecule has 29 heavy (non-hydrogen) atoms. The minimum absolute atomic E-state index is 0.159. The van der Waals surface area contributed by atoms with Crippen molar-refractivity contribution in [3.05, 3.63) is 54.2 Å². The maximum absolute atomic E-state index is 13.2. The minimum atomic E-state index is -3.71. The maximum atomic E-state index is 13.2. The summed E-state index contributed by atoms with van der Waals surface area (Å²) in [4.78, 5) is 18.4. The zero-order chi connectivity index (χ0) is 20.3. The Kier molecular flexibility index (Phi) is 4.27. The second-order valence-electron chi connectivity index (χ2n) is 8.29. The lowest BCUT2D eigenvalue weighted by atomic mass is 9.88. The second kappa shape index (κ2) is 6.62. The van der Waals surface area contributed by atoms with E-state index in [9.17, 15) is 18.3 Å². The number of aliphatic hydroxyl groups is 1. The van der Waals surface area contributed by atoms with E-state index >= 15 is 0 Å². The van der Waals surface area contributed by atoms with E-state index in [4.69, 9.17) is 0 Å². The highest BCUT2D eigenvalue weighted by atomic mass is 32.2. The third kappa shape index (κ3) is 2.81. The van der Waals surface area contributed by atoms with Crippen molar-refractivity contribution in [1.29, 1.82) is 0 Å². The predicted molar refractivity (Wildman–Crippen MR) is 107 cm³/mol. The van der Waals surface area contributed by atoms with Gasteiger partial charge in [0.05, 0.1) is 17.0 Å². The molecule has 2 heterocycles. The minimum Gasteiger partial charge on any atom is -0.391 e. The molecule has 2 bridgehead atoms. The number of anilines is 1. The highest BCUT2D eigenvalue weighted by molar-refractivity contribution is 7.89. The molecule has 1 amide bonds. The van der Waals surface area contributed by atoms with Crippen LogP contribution in [-0.4, -0.2) is 54.5 Å². The molecule has 0 spiro atoms. The summed E-state index contributed by atoms with van der Waals surface area (Å²) in [5, 5.41) is 10.5. The predicted octanol–water partition coefficient (Wildman–Crippen LogP) is 1.75. The molecule has 1 aliphatic heterocycles. The van der Waals surface area contributed by atoms with Crippen LogP contribution >= 0.6 is 0 Å². The molecule has 5 rings (SSSR count). The van der Waals surface area contributed by atoms with Gasteiger partial charge < -0.3 is 5.11 Å². The fraction of sp³-hybridized carbons (Fsp3) is 0.429. The molecule has 152 valence electrons. The molecule has 8 heteroatoms. The number of pyridine rings is 1. The van der Waals surface area contributed by atoms with E-state index in [0.29, 0.717) is 23.8 Å². The standard InChI is InChI=1S/C21H23N3O4S/c1-23(18-4-2-3-9-22-18)21(26)13-5-7-16(8-6-13)29(27,28)24-12-15-10-14-11-17(15)19(24)20(14)25/h2-9,14-15,17,19-20,25H,10-12H2,1H3/t14-,15-,17+,19-,20-/m0/s1. The lowest BCUT2D eigenvalue weighted by molar-refractivity contribution is 0.0731. The molecule has 5 atom stereocenters. The van der Waals surface area contributed by atoms with Crippen LogP contribution in [-0.2, 0) is 10.0 Å². The first-order valence-electron chi connectivity index (χ1n) is 9.87. The molecular formula is C21H23N3O4S. The molecule has 1 aromatic heterocycles. The van der Waals surface area contributed by atoms with Crippen molar-refractivity contribution < 1.29 is 18.3 Å². The van der Waals surface area contributed by atoms with Crippen molar-refractivity contribution in [2.45, 2.75) is 29.9 Å². The highest BCUT2D eigenvalue weighted by Crippen LogP contribution is 2.56. The van der Waals surface area contributed by atoms with Gasteiger partial charge in [-0.1, -0.05) is 6.07 Å². The number of nitrogens with zero attached hydrogens (tertiary/aromatic N) is 3. The Morgan fingerprint density at radius 3 is 2.55 bits per heavy atom. The molecule has 0 unspecified atom stereocenters. The average Bonchev–Trinajstić information content (AvgIpc) is 3.37. The fourth-order valence-electron chi connectivity index (χ4n) is 5.39. The van der Waals surface area contributed by atoms with E-state index in [1.807, 2.05) is 0 Å². The largest absolute Gasteiger partial charge is 0.391 e. The molecule has 2 saturated carbocycles. The normalized spacial score (nSPS) is 30.6. The number of sulfonamides is 1. The van der Waals surface area contributed by atoms with Gasteiger partial charge in [0.2, 0.25) is 10.0 Å². The summed E-state index contributed by atoms with van der Waals surface area (Å²) in [7, 11) is -2.08. The first kappa shape index (κ1) is 18.7. The number of carbonyl (C=O) groups is 1. The van der Waals surface area contributed by atoms with E-state index in [1.54, 1.807) is 31.4 Å². The van der Waals surface area contributed by atoms with E-state index in [2.05, 4.69) is 4.98 Å². The number of benzene rings is 1. The summed E-state index contributed by atoms with van der Waals surface area (Å²) >= 11 is 0. The van der Waals surface area contributed by atoms with Crippen molar-refractivity contribution in [3.8, 4) is 0 Å². The first-order chi connectivity index (χ1) is 13.9. The van der Waals surface area contributed by atoms with Gasteiger partial charge in [0.15, 0.2) is 0 Å². The lowest BCUT2D eigenvalue weighted by Crippen LogP contribution is -2.43. The van der Waals surface area contributed by atoms with E-state index in [1.165, 1.54) is 33.5 Å². The van der Waals surface area contributed by atoms with Crippen LogP contribution in [0, 0.1) is 17.8 Å². The van der Waals surface area contributed by atoms with Crippen LogP contribution < -0.4 is 4.90 Å². The van der Waals surface area contributed by atoms with Gasteiger partial charge in [-0.3, -0.25) is 9.69 Å². The monoisotopic (exact) mass is 413 g/mol. The van der Waals surface area contributed by atoms with Crippen LogP contribution in [0.5, 0.6) is 0 Å². The number of rotatable bonds is 4. The first-order valence-corrected chi connectivity index (χ1v) is 11.3. The van der Waals surface area contributed by atoms with Crippen molar-refractivity contribution in [3.63, 3.8) is 0 Å². The summed E-state index contributed by atoms with van der Waals surface area (Å²) < 4.78 is 28.0. The number of amides is 1. The zero-order valence-corrected chi connectivity index (χ0v) is 16.9. The lowest BCUT2D eigenvalue weighted by Gasteiger charge is -2.28. The zero-order valence-electron chi connectivity index (χ0n) is 16.0. The third-order valence-electron chi connectivity index (χ3n) is 6.81. The molecule has 1 saturated heterocycles. The fourth-order valence-corrected chi connectivity index (χ4v) is 7.13. The molecule has 7 nitrogen and oxygen atoms in total. The van der Waals surface area contributed by atoms with Gasteiger partial charge in [-0.15, -0.1) is 0 Å². The summed E-state index contributed by atoms with van der Waals surface area (Å²) in [5.74, 6) is 1.12. The number of hydrogen-bond acceptors (Lipinski definition) is 5. The molecule has 0 radical (unpaired) electrons. The van der Waals surface area contributed by atoms with Crippen LogP contribution in [0.2, 0.25) is 0 Å². The van der Waals surface area contributed by atoms with Crippen molar-refractivity contribution in [1.82, 2.24) is 9.29 Å². The van der Waals surface area contributed by atoms with Crippen LogP contribution in [0.4, 0.5) is 5.82 Å². The Hall–Kier alpha value is -2.29. The van der Waals surface area contributed by atoms with Gasteiger partial charge >= 0.3 is 0 Å². The van der Waals surface area contributed by atoms with Crippen LogP contribution in [0.25, 0.3) is 0 Å². The van der Waals surface area contributed by atoms with E-state index < -0.39 is 16.1 Å². The van der Waals surface area contributed by atoms with Crippen molar-refractivity contribution in [2.75, 3.05) is 18.5 Å².